The Morgan fingerprint density at radius 1 is 1.00 bits per heavy atom. The first-order chi connectivity index (χ1) is 18.4. The van der Waals surface area contributed by atoms with Gasteiger partial charge < -0.3 is 18.8 Å². The van der Waals surface area contributed by atoms with Gasteiger partial charge in [-0.2, -0.15) is 4.99 Å². The highest BCUT2D eigenvalue weighted by Gasteiger charge is 2.40. The standard InChI is InChI=1S/C26H20Cl2N4O6/c27-17-5-1-15(2-6-17)25(34)36-13-21-20(38-26(35)16-3-7-18(28)8-4-16)11-23(37-21)32-12-19(30-14-32)24-29-10-9-22(33)31-24/h1-8,10,12,14,20-21,23H,9,11,13H2/t20?,21-,23-/m1/s1. The SMILES string of the molecule is O=C1CC=NC(c2cn([C@H]3CC(OC(=O)c4ccc(Cl)cc4)[C@@H](COC(=O)c4ccc(Cl)cc4)O3)cn2)=N1. The molecule has 3 aromatic rings. The van der Waals surface area contributed by atoms with E-state index in [1.54, 1.807) is 59.3 Å². The summed E-state index contributed by atoms with van der Waals surface area (Å²) in [5, 5.41) is 0.981. The van der Waals surface area contributed by atoms with Crippen molar-refractivity contribution in [2.45, 2.75) is 31.3 Å². The zero-order chi connectivity index (χ0) is 26.6. The second kappa shape index (κ2) is 11.3. The van der Waals surface area contributed by atoms with E-state index in [9.17, 15) is 14.4 Å². The molecule has 2 aliphatic heterocycles. The highest BCUT2D eigenvalue weighted by Crippen LogP contribution is 2.32. The van der Waals surface area contributed by atoms with Gasteiger partial charge in [-0.3, -0.25) is 4.79 Å². The fourth-order valence-electron chi connectivity index (χ4n) is 3.91. The monoisotopic (exact) mass is 554 g/mol. The normalized spacial score (nSPS) is 20.7. The molecule has 194 valence electrons. The van der Waals surface area contributed by atoms with E-state index >= 15 is 0 Å². The summed E-state index contributed by atoms with van der Waals surface area (Å²) < 4.78 is 19.0. The van der Waals surface area contributed by atoms with E-state index in [1.807, 2.05) is 0 Å². The van der Waals surface area contributed by atoms with Crippen LogP contribution >= 0.6 is 23.2 Å². The molecule has 3 heterocycles. The quantitative estimate of drug-likeness (QED) is 0.399. The molecule has 5 rings (SSSR count). The third kappa shape index (κ3) is 5.99. The predicted molar refractivity (Wildman–Crippen MR) is 138 cm³/mol. The summed E-state index contributed by atoms with van der Waals surface area (Å²) >= 11 is 11.8. The fraction of sp³-hybridized carbons (Fsp3) is 0.231. The van der Waals surface area contributed by atoms with Crippen molar-refractivity contribution in [3.63, 3.8) is 0 Å². The van der Waals surface area contributed by atoms with Crippen molar-refractivity contribution in [1.82, 2.24) is 9.55 Å². The summed E-state index contributed by atoms with van der Waals surface area (Å²) in [6, 6.07) is 12.6. The Morgan fingerprint density at radius 2 is 1.66 bits per heavy atom. The zero-order valence-corrected chi connectivity index (χ0v) is 21.2. The van der Waals surface area contributed by atoms with Crippen LogP contribution in [-0.4, -0.2) is 58.3 Å². The topological polar surface area (TPSA) is 121 Å². The van der Waals surface area contributed by atoms with Gasteiger partial charge in [0.25, 0.3) is 5.91 Å². The first kappa shape index (κ1) is 25.8. The number of ether oxygens (including phenoxy) is 3. The lowest BCUT2D eigenvalue weighted by molar-refractivity contribution is -0.116. The average Bonchev–Trinajstić information content (AvgIpc) is 3.56. The number of carbonyl (C=O) groups excluding carboxylic acids is 3. The largest absolute Gasteiger partial charge is 0.459 e. The van der Waals surface area contributed by atoms with Crippen LogP contribution in [0.15, 0.2) is 71.0 Å². The summed E-state index contributed by atoms with van der Waals surface area (Å²) in [6.45, 7) is -0.163. The summed E-state index contributed by atoms with van der Waals surface area (Å²) in [5.74, 6) is -1.24. The molecule has 3 atom stereocenters. The minimum Gasteiger partial charge on any atom is -0.459 e. The summed E-state index contributed by atoms with van der Waals surface area (Å²) in [4.78, 5) is 49.3. The molecule has 1 amide bonds. The van der Waals surface area contributed by atoms with Crippen molar-refractivity contribution in [2.24, 2.45) is 9.98 Å². The van der Waals surface area contributed by atoms with Gasteiger partial charge in [0.15, 0.2) is 5.84 Å². The van der Waals surface area contributed by atoms with E-state index in [0.717, 1.165) is 0 Å². The van der Waals surface area contributed by atoms with Crippen LogP contribution in [0.5, 0.6) is 0 Å². The van der Waals surface area contributed by atoms with Crippen molar-refractivity contribution < 1.29 is 28.6 Å². The third-order valence-electron chi connectivity index (χ3n) is 5.85. The van der Waals surface area contributed by atoms with E-state index in [2.05, 4.69) is 15.0 Å². The Bertz CT molecular complexity index is 1420. The number of benzene rings is 2. The molecule has 10 nitrogen and oxygen atoms in total. The molecule has 2 aliphatic rings. The van der Waals surface area contributed by atoms with Crippen LogP contribution in [0.2, 0.25) is 10.0 Å². The maximum Gasteiger partial charge on any atom is 0.338 e. The molecule has 0 bridgehead atoms. The van der Waals surface area contributed by atoms with Gasteiger partial charge in [-0.25, -0.2) is 19.6 Å². The van der Waals surface area contributed by atoms with Crippen molar-refractivity contribution in [2.75, 3.05) is 6.61 Å². The van der Waals surface area contributed by atoms with E-state index in [1.165, 1.54) is 12.5 Å². The maximum atomic E-state index is 12.8. The molecule has 1 fully saturated rings. The molecule has 1 saturated heterocycles. The molecule has 0 spiro atoms. The Morgan fingerprint density at radius 3 is 2.32 bits per heavy atom. The first-order valence-corrected chi connectivity index (χ1v) is 12.3. The molecular weight excluding hydrogens is 535 g/mol. The third-order valence-corrected chi connectivity index (χ3v) is 6.35. The lowest BCUT2D eigenvalue weighted by Crippen LogP contribution is -2.32. The lowest BCUT2D eigenvalue weighted by atomic mass is 10.1. The van der Waals surface area contributed by atoms with Crippen LogP contribution in [0.1, 0.15) is 45.5 Å². The summed E-state index contributed by atoms with van der Waals surface area (Å²) in [6.07, 6.45) is 2.94. The van der Waals surface area contributed by atoms with Gasteiger partial charge in [0.2, 0.25) is 0 Å². The Kier molecular flexibility index (Phi) is 7.64. The number of aliphatic imine (C=N–C) groups is 2. The summed E-state index contributed by atoms with van der Waals surface area (Å²) in [5.41, 5.74) is 1.03. The first-order valence-electron chi connectivity index (χ1n) is 11.6. The second-order valence-electron chi connectivity index (χ2n) is 8.47. The molecule has 1 aromatic heterocycles. The number of esters is 2. The Labute approximate surface area is 226 Å². The number of amides is 1. The van der Waals surface area contributed by atoms with Gasteiger partial charge in [-0.15, -0.1) is 0 Å². The van der Waals surface area contributed by atoms with Crippen molar-refractivity contribution >= 4 is 53.1 Å². The van der Waals surface area contributed by atoms with E-state index in [-0.39, 0.29) is 31.2 Å². The van der Waals surface area contributed by atoms with Crippen molar-refractivity contribution in [3.8, 4) is 0 Å². The van der Waals surface area contributed by atoms with E-state index < -0.39 is 30.4 Å². The van der Waals surface area contributed by atoms with E-state index in [0.29, 0.717) is 26.9 Å². The van der Waals surface area contributed by atoms with Crippen LogP contribution < -0.4 is 0 Å². The molecule has 0 radical (unpaired) electrons. The highest BCUT2D eigenvalue weighted by atomic mass is 35.5. The van der Waals surface area contributed by atoms with Gasteiger partial charge in [-0.1, -0.05) is 23.2 Å². The number of rotatable bonds is 7. The fourth-order valence-corrected chi connectivity index (χ4v) is 4.16. The maximum absolute atomic E-state index is 12.8. The summed E-state index contributed by atoms with van der Waals surface area (Å²) in [7, 11) is 0. The van der Waals surface area contributed by atoms with E-state index in [4.69, 9.17) is 37.4 Å². The number of amidine groups is 1. The van der Waals surface area contributed by atoms with Crippen LogP contribution in [-0.2, 0) is 19.0 Å². The molecule has 12 heteroatoms. The zero-order valence-electron chi connectivity index (χ0n) is 19.7. The molecule has 0 N–H and O–H groups in total. The average molecular weight is 555 g/mol. The van der Waals surface area contributed by atoms with Gasteiger partial charge in [0.1, 0.15) is 30.7 Å². The van der Waals surface area contributed by atoms with Crippen molar-refractivity contribution in [3.05, 3.63) is 87.9 Å². The predicted octanol–water partition coefficient (Wildman–Crippen LogP) is 4.31. The number of imidazole rings is 1. The minimum atomic E-state index is -0.759. The molecule has 2 aromatic carbocycles. The number of aromatic nitrogens is 2. The number of carbonyl (C=O) groups is 3. The van der Waals surface area contributed by atoms with Crippen LogP contribution in [0.4, 0.5) is 0 Å². The Balaban J connectivity index is 1.31. The number of hydrogen-bond acceptors (Lipinski definition) is 8. The molecule has 38 heavy (non-hydrogen) atoms. The van der Waals surface area contributed by atoms with Crippen LogP contribution in [0.3, 0.4) is 0 Å². The number of halogens is 2. The number of nitrogens with zero attached hydrogens (tertiary/aromatic N) is 4. The van der Waals surface area contributed by atoms with Gasteiger partial charge >= 0.3 is 11.9 Å². The molecule has 1 unspecified atom stereocenters. The van der Waals surface area contributed by atoms with Gasteiger partial charge in [0.05, 0.1) is 23.9 Å². The lowest BCUT2D eigenvalue weighted by Gasteiger charge is -2.19. The molecular formula is C26H20Cl2N4O6. The highest BCUT2D eigenvalue weighted by molar-refractivity contribution is 6.31. The van der Waals surface area contributed by atoms with Crippen LogP contribution in [0, 0.1) is 0 Å². The smallest absolute Gasteiger partial charge is 0.338 e. The van der Waals surface area contributed by atoms with Gasteiger partial charge in [-0.05, 0) is 48.5 Å². The Hall–Kier alpha value is -3.86. The molecule has 0 saturated carbocycles. The van der Waals surface area contributed by atoms with Crippen molar-refractivity contribution in [1.29, 1.82) is 0 Å². The van der Waals surface area contributed by atoms with Gasteiger partial charge in [0, 0.05) is 28.9 Å². The second-order valence-corrected chi connectivity index (χ2v) is 9.34. The van der Waals surface area contributed by atoms with Crippen LogP contribution in [0.25, 0.3) is 0 Å². The number of hydrogen-bond donors (Lipinski definition) is 0. The molecule has 0 aliphatic carbocycles. The minimum absolute atomic E-state index is 0.146.